The molecule has 6 nitrogen and oxygen atoms in total. The molecule has 7 heteroatoms. The van der Waals surface area contributed by atoms with Crippen LogP contribution in [0.1, 0.15) is 33.1 Å². The second-order valence-corrected chi connectivity index (χ2v) is 8.57. The summed E-state index contributed by atoms with van der Waals surface area (Å²) >= 11 is 0. The molecule has 0 radical (unpaired) electrons. The first kappa shape index (κ1) is 21.2. The van der Waals surface area contributed by atoms with E-state index in [1.165, 1.54) is 5.69 Å². The van der Waals surface area contributed by atoms with Gasteiger partial charge in [0.15, 0.2) is 0 Å². The van der Waals surface area contributed by atoms with Crippen molar-refractivity contribution in [2.75, 3.05) is 57.3 Å². The Bertz CT molecular complexity index is 595. The van der Waals surface area contributed by atoms with E-state index in [4.69, 9.17) is 0 Å². The van der Waals surface area contributed by atoms with Crippen molar-refractivity contribution >= 4 is 15.9 Å². The highest BCUT2D eigenvalue weighted by atomic mass is 32.2. The molecule has 0 aliphatic carbocycles. The highest BCUT2D eigenvalue weighted by Gasteiger charge is 2.20. The van der Waals surface area contributed by atoms with Crippen LogP contribution in [-0.4, -0.2) is 70.0 Å². The SMILES string of the molecule is CCCN(CCC)S(=O)(=O)NCCCN1CCN(c2ccccc2)CC1. The zero-order valence-electron chi connectivity index (χ0n) is 16.2. The Morgan fingerprint density at radius 3 is 2.19 bits per heavy atom. The summed E-state index contributed by atoms with van der Waals surface area (Å²) in [7, 11) is -3.34. The van der Waals surface area contributed by atoms with Crippen LogP contribution in [0.15, 0.2) is 30.3 Å². The van der Waals surface area contributed by atoms with Crippen LogP contribution in [0.4, 0.5) is 5.69 Å². The summed E-state index contributed by atoms with van der Waals surface area (Å²) < 4.78 is 29.0. The van der Waals surface area contributed by atoms with Crippen LogP contribution in [0.25, 0.3) is 0 Å². The van der Waals surface area contributed by atoms with Gasteiger partial charge in [-0.1, -0.05) is 32.0 Å². The van der Waals surface area contributed by atoms with Crippen molar-refractivity contribution in [3.63, 3.8) is 0 Å². The van der Waals surface area contributed by atoms with Crippen molar-refractivity contribution in [1.82, 2.24) is 13.9 Å². The van der Waals surface area contributed by atoms with Gasteiger partial charge < -0.3 is 4.90 Å². The third kappa shape index (κ3) is 6.54. The first-order chi connectivity index (χ1) is 12.6. The number of benzene rings is 1. The molecule has 0 saturated carbocycles. The van der Waals surface area contributed by atoms with Gasteiger partial charge in [-0.15, -0.1) is 0 Å². The molecule has 1 aromatic rings. The third-order valence-electron chi connectivity index (χ3n) is 4.72. The minimum absolute atomic E-state index is 0.505. The lowest BCUT2D eigenvalue weighted by Gasteiger charge is -2.36. The molecule has 26 heavy (non-hydrogen) atoms. The van der Waals surface area contributed by atoms with E-state index in [0.29, 0.717) is 19.6 Å². The minimum atomic E-state index is -3.34. The third-order valence-corrected chi connectivity index (χ3v) is 6.33. The van der Waals surface area contributed by atoms with Gasteiger partial charge in [-0.25, -0.2) is 4.72 Å². The van der Waals surface area contributed by atoms with Crippen LogP contribution in [0.5, 0.6) is 0 Å². The molecule has 0 spiro atoms. The van der Waals surface area contributed by atoms with Gasteiger partial charge in [0.2, 0.25) is 0 Å². The molecule has 1 fully saturated rings. The summed E-state index contributed by atoms with van der Waals surface area (Å²) in [5.74, 6) is 0. The average molecular weight is 383 g/mol. The second-order valence-electron chi connectivity index (χ2n) is 6.82. The molecule has 148 valence electrons. The van der Waals surface area contributed by atoms with Crippen LogP contribution in [0, 0.1) is 0 Å². The first-order valence-corrected chi connectivity index (χ1v) is 11.3. The van der Waals surface area contributed by atoms with Crippen molar-refractivity contribution in [2.24, 2.45) is 0 Å². The number of piperazine rings is 1. The van der Waals surface area contributed by atoms with E-state index in [-0.39, 0.29) is 0 Å². The van der Waals surface area contributed by atoms with E-state index in [9.17, 15) is 8.42 Å². The Morgan fingerprint density at radius 1 is 1.00 bits per heavy atom. The predicted molar refractivity (Wildman–Crippen MR) is 109 cm³/mol. The number of hydrogen-bond acceptors (Lipinski definition) is 4. The molecule has 1 heterocycles. The Morgan fingerprint density at radius 2 is 1.62 bits per heavy atom. The molecule has 0 aromatic heterocycles. The Labute approximate surface area is 159 Å². The molecule has 2 rings (SSSR count). The van der Waals surface area contributed by atoms with Crippen molar-refractivity contribution < 1.29 is 8.42 Å². The molecule has 0 amide bonds. The molecule has 1 aromatic carbocycles. The molecular weight excluding hydrogens is 348 g/mol. The Kier molecular flexibility index (Phi) is 8.84. The van der Waals surface area contributed by atoms with Crippen molar-refractivity contribution in [3.05, 3.63) is 30.3 Å². The van der Waals surface area contributed by atoms with Crippen LogP contribution in [0.2, 0.25) is 0 Å². The van der Waals surface area contributed by atoms with E-state index < -0.39 is 10.2 Å². The number of anilines is 1. The monoisotopic (exact) mass is 382 g/mol. The Balaban J connectivity index is 1.67. The van der Waals surface area contributed by atoms with E-state index in [1.807, 2.05) is 19.9 Å². The fraction of sp³-hybridized carbons (Fsp3) is 0.684. The van der Waals surface area contributed by atoms with Crippen LogP contribution in [0.3, 0.4) is 0 Å². The highest BCUT2D eigenvalue weighted by Crippen LogP contribution is 2.15. The first-order valence-electron chi connectivity index (χ1n) is 9.84. The molecule has 1 saturated heterocycles. The number of hydrogen-bond donors (Lipinski definition) is 1. The maximum absolute atomic E-state index is 12.4. The van der Waals surface area contributed by atoms with Gasteiger partial charge in [0.25, 0.3) is 10.2 Å². The molecule has 0 bridgehead atoms. The lowest BCUT2D eigenvalue weighted by Crippen LogP contribution is -2.47. The van der Waals surface area contributed by atoms with E-state index >= 15 is 0 Å². The maximum atomic E-state index is 12.4. The van der Waals surface area contributed by atoms with Gasteiger partial charge in [-0.05, 0) is 37.9 Å². The summed E-state index contributed by atoms with van der Waals surface area (Å²) in [6, 6.07) is 10.5. The van der Waals surface area contributed by atoms with Gasteiger partial charge in [-0.3, -0.25) is 4.90 Å². The van der Waals surface area contributed by atoms with Crippen LogP contribution < -0.4 is 9.62 Å². The van der Waals surface area contributed by atoms with Crippen molar-refractivity contribution in [1.29, 1.82) is 0 Å². The van der Waals surface area contributed by atoms with E-state index in [0.717, 1.165) is 52.0 Å². The maximum Gasteiger partial charge on any atom is 0.279 e. The standard InChI is InChI=1S/C19H34N4O2S/c1-3-12-23(13-4-2)26(24,25)20-11-8-14-21-15-17-22(18-16-21)19-9-6-5-7-10-19/h5-7,9-10,20H,3-4,8,11-18H2,1-2H3. The fourth-order valence-corrected chi connectivity index (χ4v) is 4.75. The quantitative estimate of drug-likeness (QED) is 0.596. The normalized spacial score (nSPS) is 16.3. The largest absolute Gasteiger partial charge is 0.369 e. The number of nitrogens with zero attached hydrogens (tertiary/aromatic N) is 3. The molecule has 0 atom stereocenters. The van der Waals surface area contributed by atoms with Crippen LogP contribution >= 0.6 is 0 Å². The number of nitrogens with one attached hydrogen (secondary N) is 1. The number of rotatable bonds is 11. The average Bonchev–Trinajstić information content (AvgIpc) is 2.66. The molecule has 1 N–H and O–H groups in total. The lowest BCUT2D eigenvalue weighted by atomic mass is 10.2. The zero-order valence-corrected chi connectivity index (χ0v) is 17.0. The highest BCUT2D eigenvalue weighted by molar-refractivity contribution is 7.87. The van der Waals surface area contributed by atoms with Gasteiger partial charge in [0.05, 0.1) is 0 Å². The molecule has 0 unspecified atom stereocenters. The van der Waals surface area contributed by atoms with E-state index in [2.05, 4.69) is 38.8 Å². The summed E-state index contributed by atoms with van der Waals surface area (Å²) in [6.45, 7) is 10.7. The molecule has 1 aliphatic heterocycles. The predicted octanol–water partition coefficient (Wildman–Crippen LogP) is 2.16. The zero-order chi connectivity index (χ0) is 18.8. The van der Waals surface area contributed by atoms with Gasteiger partial charge in [-0.2, -0.15) is 12.7 Å². The van der Waals surface area contributed by atoms with Crippen molar-refractivity contribution in [2.45, 2.75) is 33.1 Å². The minimum Gasteiger partial charge on any atom is -0.369 e. The van der Waals surface area contributed by atoms with E-state index in [1.54, 1.807) is 4.31 Å². The fourth-order valence-electron chi connectivity index (χ4n) is 3.31. The van der Waals surface area contributed by atoms with Crippen molar-refractivity contribution in [3.8, 4) is 0 Å². The van der Waals surface area contributed by atoms with Gasteiger partial charge >= 0.3 is 0 Å². The smallest absolute Gasteiger partial charge is 0.279 e. The summed E-state index contributed by atoms with van der Waals surface area (Å²) in [5, 5.41) is 0. The second kappa shape index (κ2) is 10.9. The molecular formula is C19H34N4O2S. The Hall–Kier alpha value is -1.15. The topological polar surface area (TPSA) is 55.9 Å². The number of para-hydroxylation sites is 1. The van der Waals surface area contributed by atoms with Crippen LogP contribution in [-0.2, 0) is 10.2 Å². The summed E-state index contributed by atoms with van der Waals surface area (Å²) in [6.07, 6.45) is 2.52. The van der Waals surface area contributed by atoms with Gasteiger partial charge in [0, 0.05) is 51.5 Å². The molecule has 1 aliphatic rings. The lowest BCUT2D eigenvalue weighted by molar-refractivity contribution is 0.255. The van der Waals surface area contributed by atoms with Gasteiger partial charge in [0.1, 0.15) is 0 Å². The summed E-state index contributed by atoms with van der Waals surface area (Å²) in [5.41, 5.74) is 1.28. The summed E-state index contributed by atoms with van der Waals surface area (Å²) in [4.78, 5) is 4.83.